The Hall–Kier alpha value is -0.640. The lowest BCUT2D eigenvalue weighted by Gasteiger charge is -2.16. The molecule has 0 bridgehead atoms. The summed E-state index contributed by atoms with van der Waals surface area (Å²) in [5, 5.41) is 0.177. The molecule has 1 unspecified atom stereocenters. The van der Waals surface area contributed by atoms with Gasteiger partial charge in [0.15, 0.2) is 0 Å². The fraction of sp³-hybridized carbons (Fsp3) is 0.600. The van der Waals surface area contributed by atoms with Gasteiger partial charge >= 0.3 is 0 Å². The average Bonchev–Trinajstić information content (AvgIpc) is 2.42. The summed E-state index contributed by atoms with van der Waals surface area (Å²) in [4.78, 5) is 0. The zero-order valence-corrected chi connectivity index (χ0v) is 12.3. The Morgan fingerprint density at radius 2 is 2.00 bits per heavy atom. The minimum absolute atomic E-state index is 0.106. The number of hydrogen-bond donors (Lipinski definition) is 2. The molecule has 0 radical (unpaired) electrons. The molecule has 0 saturated carbocycles. The molecule has 0 aromatic heterocycles. The topological polar surface area (TPSA) is 38.0 Å². The van der Waals surface area contributed by atoms with Gasteiger partial charge in [-0.25, -0.2) is 4.39 Å². The Kier molecular flexibility index (Phi) is 8.03. The van der Waals surface area contributed by atoms with Crippen LogP contribution in [-0.4, -0.2) is 6.04 Å². The van der Waals surface area contributed by atoms with Crippen molar-refractivity contribution < 1.29 is 4.39 Å². The summed E-state index contributed by atoms with van der Waals surface area (Å²) in [6.07, 6.45) is 7.67. The van der Waals surface area contributed by atoms with E-state index in [0.717, 1.165) is 12.8 Å². The third-order valence-electron chi connectivity index (χ3n) is 3.39. The highest BCUT2D eigenvalue weighted by molar-refractivity contribution is 6.30. The van der Waals surface area contributed by atoms with Gasteiger partial charge in [0.05, 0.1) is 5.02 Å². The van der Waals surface area contributed by atoms with Crippen molar-refractivity contribution in [1.82, 2.24) is 5.43 Å². The summed E-state index contributed by atoms with van der Waals surface area (Å²) in [7, 11) is 0. The Balaban J connectivity index is 2.41. The maximum absolute atomic E-state index is 13.8. The van der Waals surface area contributed by atoms with Gasteiger partial charge in [-0.1, -0.05) is 62.8 Å². The predicted molar refractivity (Wildman–Crippen MR) is 79.6 cm³/mol. The molecule has 1 aromatic carbocycles. The van der Waals surface area contributed by atoms with Gasteiger partial charge in [0.2, 0.25) is 0 Å². The molecule has 1 rings (SSSR count). The van der Waals surface area contributed by atoms with E-state index in [2.05, 4.69) is 12.3 Å². The normalized spacial score (nSPS) is 12.6. The number of nitrogens with one attached hydrogen (secondary N) is 1. The van der Waals surface area contributed by atoms with Crippen LogP contribution in [0.1, 0.15) is 51.0 Å². The molecule has 0 heterocycles. The molecule has 0 amide bonds. The van der Waals surface area contributed by atoms with Gasteiger partial charge in [-0.2, -0.15) is 0 Å². The van der Waals surface area contributed by atoms with E-state index in [4.69, 9.17) is 17.4 Å². The van der Waals surface area contributed by atoms with E-state index >= 15 is 0 Å². The van der Waals surface area contributed by atoms with Crippen LogP contribution in [-0.2, 0) is 6.42 Å². The zero-order chi connectivity index (χ0) is 14.1. The van der Waals surface area contributed by atoms with Crippen LogP contribution >= 0.6 is 11.6 Å². The zero-order valence-electron chi connectivity index (χ0n) is 11.6. The lowest BCUT2D eigenvalue weighted by molar-refractivity contribution is 0.453. The summed E-state index contributed by atoms with van der Waals surface area (Å²) in [6, 6.07) is 5.21. The Morgan fingerprint density at radius 1 is 1.26 bits per heavy atom. The number of hydrogen-bond acceptors (Lipinski definition) is 2. The van der Waals surface area contributed by atoms with E-state index in [1.165, 1.54) is 25.7 Å². The smallest absolute Gasteiger partial charge is 0.145 e. The van der Waals surface area contributed by atoms with Crippen molar-refractivity contribution in [1.29, 1.82) is 0 Å². The second kappa shape index (κ2) is 9.29. The van der Waals surface area contributed by atoms with Crippen LogP contribution in [0.25, 0.3) is 0 Å². The number of unbranched alkanes of at least 4 members (excludes halogenated alkanes) is 4. The van der Waals surface area contributed by atoms with Gasteiger partial charge < -0.3 is 0 Å². The molecule has 2 nitrogen and oxygen atoms in total. The van der Waals surface area contributed by atoms with Gasteiger partial charge in [0, 0.05) is 6.04 Å². The molecule has 4 heteroatoms. The molecular weight excluding hydrogens is 263 g/mol. The first-order valence-corrected chi connectivity index (χ1v) is 7.45. The molecule has 108 valence electrons. The molecule has 19 heavy (non-hydrogen) atoms. The van der Waals surface area contributed by atoms with Gasteiger partial charge in [-0.3, -0.25) is 11.3 Å². The van der Waals surface area contributed by atoms with Crippen LogP contribution in [0.5, 0.6) is 0 Å². The first-order valence-electron chi connectivity index (χ1n) is 7.08. The maximum Gasteiger partial charge on any atom is 0.145 e. The van der Waals surface area contributed by atoms with Crippen molar-refractivity contribution in [2.45, 2.75) is 57.9 Å². The van der Waals surface area contributed by atoms with E-state index in [1.807, 2.05) is 0 Å². The van der Waals surface area contributed by atoms with Crippen LogP contribution in [0.2, 0.25) is 5.02 Å². The average molecular weight is 287 g/mol. The third kappa shape index (κ3) is 5.89. The highest BCUT2D eigenvalue weighted by Crippen LogP contribution is 2.20. The second-order valence-corrected chi connectivity index (χ2v) is 5.39. The standard InChI is InChI=1S/C15H24ClFN2/c1-2-3-4-5-6-9-13(19-18)11-12-8-7-10-14(16)15(12)17/h7-8,10,13,19H,2-6,9,11,18H2,1H3. The SMILES string of the molecule is CCCCCCCC(Cc1cccc(Cl)c1F)NN. The molecule has 0 spiro atoms. The first kappa shape index (κ1) is 16.4. The van der Waals surface area contributed by atoms with Crippen molar-refractivity contribution in [2.75, 3.05) is 0 Å². The van der Waals surface area contributed by atoms with E-state index in [0.29, 0.717) is 12.0 Å². The first-order chi connectivity index (χ1) is 9.19. The highest BCUT2D eigenvalue weighted by atomic mass is 35.5. The Bertz CT molecular complexity index is 371. The maximum atomic E-state index is 13.8. The molecule has 1 aromatic rings. The number of hydrazine groups is 1. The minimum Gasteiger partial charge on any atom is -0.271 e. The van der Waals surface area contributed by atoms with Crippen molar-refractivity contribution in [3.8, 4) is 0 Å². The summed E-state index contributed by atoms with van der Waals surface area (Å²) in [5.74, 6) is 5.22. The van der Waals surface area contributed by atoms with Crippen molar-refractivity contribution in [3.05, 3.63) is 34.6 Å². The largest absolute Gasteiger partial charge is 0.271 e. The van der Waals surface area contributed by atoms with Crippen molar-refractivity contribution >= 4 is 11.6 Å². The molecule has 0 saturated heterocycles. The summed E-state index contributed by atoms with van der Waals surface area (Å²) in [5.41, 5.74) is 3.41. The lowest BCUT2D eigenvalue weighted by Crippen LogP contribution is -2.36. The van der Waals surface area contributed by atoms with E-state index < -0.39 is 0 Å². The minimum atomic E-state index is -0.324. The van der Waals surface area contributed by atoms with E-state index in [-0.39, 0.29) is 16.9 Å². The van der Waals surface area contributed by atoms with Crippen LogP contribution in [0.3, 0.4) is 0 Å². The summed E-state index contributed by atoms with van der Waals surface area (Å²) < 4.78 is 13.8. The predicted octanol–water partition coefficient (Wildman–Crippen LogP) is 4.21. The number of halogens is 2. The fourth-order valence-corrected chi connectivity index (χ4v) is 2.40. The molecular formula is C15H24ClFN2. The van der Waals surface area contributed by atoms with E-state index in [1.54, 1.807) is 18.2 Å². The number of benzene rings is 1. The quantitative estimate of drug-likeness (QED) is 0.405. The molecule has 0 aliphatic carbocycles. The third-order valence-corrected chi connectivity index (χ3v) is 3.68. The molecule has 0 aliphatic rings. The lowest BCUT2D eigenvalue weighted by atomic mass is 10.00. The second-order valence-electron chi connectivity index (χ2n) is 4.98. The van der Waals surface area contributed by atoms with Crippen molar-refractivity contribution in [3.63, 3.8) is 0 Å². The molecule has 1 atom stereocenters. The van der Waals surface area contributed by atoms with Crippen LogP contribution in [0.15, 0.2) is 18.2 Å². The fourth-order valence-electron chi connectivity index (χ4n) is 2.21. The van der Waals surface area contributed by atoms with Crippen LogP contribution < -0.4 is 11.3 Å². The van der Waals surface area contributed by atoms with Crippen LogP contribution in [0, 0.1) is 5.82 Å². The van der Waals surface area contributed by atoms with Crippen molar-refractivity contribution in [2.24, 2.45) is 5.84 Å². The summed E-state index contributed by atoms with van der Waals surface area (Å²) >= 11 is 5.78. The van der Waals surface area contributed by atoms with Gasteiger partial charge in [0.25, 0.3) is 0 Å². The molecule has 0 aliphatic heterocycles. The number of rotatable bonds is 9. The Labute approximate surface area is 120 Å². The van der Waals surface area contributed by atoms with Gasteiger partial charge in [-0.05, 0) is 24.5 Å². The Morgan fingerprint density at radius 3 is 2.68 bits per heavy atom. The van der Waals surface area contributed by atoms with Gasteiger partial charge in [0.1, 0.15) is 5.82 Å². The molecule has 3 N–H and O–H groups in total. The van der Waals surface area contributed by atoms with Crippen LogP contribution in [0.4, 0.5) is 4.39 Å². The number of nitrogens with two attached hydrogens (primary N) is 1. The van der Waals surface area contributed by atoms with Gasteiger partial charge in [-0.15, -0.1) is 0 Å². The van der Waals surface area contributed by atoms with E-state index in [9.17, 15) is 4.39 Å². The monoisotopic (exact) mass is 286 g/mol. The highest BCUT2D eigenvalue weighted by Gasteiger charge is 2.12. The summed E-state index contributed by atoms with van der Waals surface area (Å²) in [6.45, 7) is 2.20. The molecule has 0 fully saturated rings.